The monoisotopic (exact) mass is 420 g/mol. The van der Waals surface area contributed by atoms with Crippen LogP contribution in [-0.4, -0.2) is 37.1 Å². The number of nitrogens with zero attached hydrogens (tertiary/aromatic N) is 3. The predicted molar refractivity (Wildman–Crippen MR) is 104 cm³/mol. The highest BCUT2D eigenvalue weighted by Crippen LogP contribution is 2.37. The lowest BCUT2D eigenvalue weighted by atomic mass is 9.85. The van der Waals surface area contributed by atoms with Crippen molar-refractivity contribution in [1.29, 1.82) is 0 Å². The number of hydrogen-bond acceptors (Lipinski definition) is 7. The van der Waals surface area contributed by atoms with Gasteiger partial charge in [-0.25, -0.2) is 13.1 Å². The van der Waals surface area contributed by atoms with Gasteiger partial charge in [0.05, 0.1) is 17.1 Å². The number of hydrogen-bond donors (Lipinski definition) is 1. The standard InChI is InChI=1S/C19H24N4O5S/c1-3-12(2)22-29(25,26)14-7-8-16-15(9-14)23(18(24)11-27-16)10-17-20-19(28-21-17)13-5-4-6-13/h7-9,12-13,22H,3-6,10-11H2,1-2H3. The molecule has 0 bridgehead atoms. The van der Waals surface area contributed by atoms with Crippen molar-refractivity contribution in [2.24, 2.45) is 0 Å². The Balaban J connectivity index is 1.61. The van der Waals surface area contributed by atoms with Gasteiger partial charge in [0.15, 0.2) is 12.4 Å². The van der Waals surface area contributed by atoms with Crippen molar-refractivity contribution in [2.45, 2.75) is 62.9 Å². The molecule has 4 rings (SSSR count). The molecular weight excluding hydrogens is 396 g/mol. The molecule has 2 aromatic rings. The first-order chi connectivity index (χ1) is 13.9. The summed E-state index contributed by atoms with van der Waals surface area (Å²) >= 11 is 0. The van der Waals surface area contributed by atoms with Crippen molar-refractivity contribution in [2.75, 3.05) is 11.5 Å². The van der Waals surface area contributed by atoms with Crippen LogP contribution in [0, 0.1) is 0 Å². The molecule has 0 spiro atoms. The lowest BCUT2D eigenvalue weighted by molar-refractivity contribution is -0.121. The number of ether oxygens (including phenoxy) is 1. The minimum absolute atomic E-state index is 0.0723. The number of aromatic nitrogens is 2. The highest BCUT2D eigenvalue weighted by atomic mass is 32.2. The van der Waals surface area contributed by atoms with Gasteiger partial charge < -0.3 is 9.26 Å². The molecule has 1 atom stereocenters. The van der Waals surface area contributed by atoms with Crippen LogP contribution in [0.25, 0.3) is 0 Å². The van der Waals surface area contributed by atoms with Gasteiger partial charge in [0.1, 0.15) is 5.75 Å². The summed E-state index contributed by atoms with van der Waals surface area (Å²) in [5, 5.41) is 3.99. The van der Waals surface area contributed by atoms with E-state index in [-0.39, 0.29) is 30.0 Å². The summed E-state index contributed by atoms with van der Waals surface area (Å²) in [5.74, 6) is 1.43. The fraction of sp³-hybridized carbons (Fsp3) is 0.526. The zero-order valence-electron chi connectivity index (χ0n) is 16.4. The second kappa shape index (κ2) is 7.75. The summed E-state index contributed by atoms with van der Waals surface area (Å²) in [6, 6.07) is 4.29. The SMILES string of the molecule is CCC(C)NS(=O)(=O)c1ccc2c(c1)N(Cc1noc(C3CCC3)n1)C(=O)CO2. The Labute approximate surface area is 169 Å². The second-order valence-corrected chi connectivity index (χ2v) is 9.22. The fourth-order valence-electron chi connectivity index (χ4n) is 3.23. The van der Waals surface area contributed by atoms with E-state index >= 15 is 0 Å². The molecule has 1 aliphatic heterocycles. The van der Waals surface area contributed by atoms with Crippen LogP contribution in [0.3, 0.4) is 0 Å². The van der Waals surface area contributed by atoms with Crippen molar-refractivity contribution in [3.8, 4) is 5.75 Å². The predicted octanol–water partition coefficient (Wildman–Crippen LogP) is 2.34. The van der Waals surface area contributed by atoms with E-state index in [4.69, 9.17) is 9.26 Å². The minimum Gasteiger partial charge on any atom is -0.482 e. The van der Waals surface area contributed by atoms with Gasteiger partial charge in [0, 0.05) is 12.0 Å². The van der Waals surface area contributed by atoms with Crippen molar-refractivity contribution in [3.63, 3.8) is 0 Å². The van der Waals surface area contributed by atoms with Crippen LogP contribution in [0.2, 0.25) is 0 Å². The van der Waals surface area contributed by atoms with Gasteiger partial charge in [0.25, 0.3) is 5.91 Å². The molecule has 29 heavy (non-hydrogen) atoms. The highest BCUT2D eigenvalue weighted by molar-refractivity contribution is 7.89. The van der Waals surface area contributed by atoms with Crippen LogP contribution < -0.4 is 14.4 Å². The molecule has 0 radical (unpaired) electrons. The quantitative estimate of drug-likeness (QED) is 0.731. The molecule has 9 nitrogen and oxygen atoms in total. The Morgan fingerprint density at radius 2 is 2.14 bits per heavy atom. The van der Waals surface area contributed by atoms with Gasteiger partial charge in [-0.1, -0.05) is 18.5 Å². The largest absolute Gasteiger partial charge is 0.482 e. The number of anilines is 1. The van der Waals surface area contributed by atoms with E-state index in [1.807, 2.05) is 6.92 Å². The van der Waals surface area contributed by atoms with Crippen LogP contribution in [0.1, 0.15) is 57.2 Å². The Morgan fingerprint density at radius 1 is 1.34 bits per heavy atom. The third-order valence-electron chi connectivity index (χ3n) is 5.39. The maximum atomic E-state index is 12.7. The van der Waals surface area contributed by atoms with Crippen LogP contribution in [-0.2, 0) is 21.4 Å². The molecule has 1 fully saturated rings. The molecular formula is C19H24N4O5S. The molecule has 1 saturated carbocycles. The van der Waals surface area contributed by atoms with E-state index in [1.165, 1.54) is 17.0 Å². The van der Waals surface area contributed by atoms with Crippen molar-refractivity contribution in [3.05, 3.63) is 29.9 Å². The van der Waals surface area contributed by atoms with Crippen molar-refractivity contribution >= 4 is 21.6 Å². The van der Waals surface area contributed by atoms with E-state index in [0.29, 0.717) is 35.5 Å². The smallest absolute Gasteiger partial charge is 0.265 e. The normalized spacial score (nSPS) is 18.1. The molecule has 10 heteroatoms. The number of sulfonamides is 1. The average molecular weight is 420 g/mol. The molecule has 2 heterocycles. The Morgan fingerprint density at radius 3 is 2.83 bits per heavy atom. The second-order valence-electron chi connectivity index (χ2n) is 7.51. The zero-order chi connectivity index (χ0) is 20.6. The Kier molecular flexibility index (Phi) is 5.30. The van der Waals surface area contributed by atoms with E-state index < -0.39 is 10.0 Å². The maximum Gasteiger partial charge on any atom is 0.265 e. The summed E-state index contributed by atoms with van der Waals surface area (Å²) < 4.78 is 38.7. The number of carbonyl (C=O) groups excluding carboxylic acids is 1. The van der Waals surface area contributed by atoms with Gasteiger partial charge in [-0.15, -0.1) is 0 Å². The summed E-state index contributed by atoms with van der Waals surface area (Å²) in [5.41, 5.74) is 0.378. The van der Waals surface area contributed by atoms with Crippen LogP contribution in [0.4, 0.5) is 5.69 Å². The lowest BCUT2D eigenvalue weighted by Gasteiger charge is -2.29. The number of fused-ring (bicyclic) bond motifs is 1. The van der Waals surface area contributed by atoms with Crippen molar-refractivity contribution < 1.29 is 22.5 Å². The van der Waals surface area contributed by atoms with Gasteiger partial charge in [0.2, 0.25) is 15.9 Å². The summed E-state index contributed by atoms with van der Waals surface area (Å²) in [6.45, 7) is 3.66. The highest BCUT2D eigenvalue weighted by Gasteiger charge is 2.31. The number of benzene rings is 1. The van der Waals surface area contributed by atoms with E-state index in [1.54, 1.807) is 13.0 Å². The molecule has 1 aliphatic carbocycles. The number of rotatable bonds is 7. The molecule has 1 aromatic carbocycles. The number of nitrogens with one attached hydrogen (secondary N) is 1. The lowest BCUT2D eigenvalue weighted by Crippen LogP contribution is -2.39. The topological polar surface area (TPSA) is 115 Å². The Bertz CT molecular complexity index is 1020. The molecule has 0 saturated heterocycles. The molecule has 1 N–H and O–H groups in total. The third kappa shape index (κ3) is 3.99. The molecule has 1 aromatic heterocycles. The minimum atomic E-state index is -3.72. The fourth-order valence-corrected chi connectivity index (χ4v) is 4.58. The summed E-state index contributed by atoms with van der Waals surface area (Å²) in [6.07, 6.45) is 3.88. The maximum absolute atomic E-state index is 12.7. The summed E-state index contributed by atoms with van der Waals surface area (Å²) in [4.78, 5) is 18.4. The number of amides is 1. The molecule has 1 unspecified atom stereocenters. The first-order valence-corrected chi connectivity index (χ1v) is 11.3. The van der Waals surface area contributed by atoms with Crippen LogP contribution >= 0.6 is 0 Å². The van der Waals surface area contributed by atoms with Gasteiger partial charge in [-0.05, 0) is 44.4 Å². The van der Waals surface area contributed by atoms with E-state index in [9.17, 15) is 13.2 Å². The molecule has 2 aliphatic rings. The summed E-state index contributed by atoms with van der Waals surface area (Å²) in [7, 11) is -3.72. The zero-order valence-corrected chi connectivity index (χ0v) is 17.2. The van der Waals surface area contributed by atoms with Crippen LogP contribution in [0.15, 0.2) is 27.6 Å². The van der Waals surface area contributed by atoms with E-state index in [2.05, 4.69) is 14.9 Å². The Hall–Kier alpha value is -2.46. The first-order valence-electron chi connectivity index (χ1n) is 9.79. The van der Waals surface area contributed by atoms with Crippen LogP contribution in [0.5, 0.6) is 5.75 Å². The van der Waals surface area contributed by atoms with Gasteiger partial charge >= 0.3 is 0 Å². The number of carbonyl (C=O) groups is 1. The third-order valence-corrected chi connectivity index (χ3v) is 6.98. The van der Waals surface area contributed by atoms with Gasteiger partial charge in [-0.3, -0.25) is 9.69 Å². The average Bonchev–Trinajstić information content (AvgIpc) is 3.09. The van der Waals surface area contributed by atoms with E-state index in [0.717, 1.165) is 19.3 Å². The van der Waals surface area contributed by atoms with Gasteiger partial charge in [-0.2, -0.15) is 4.98 Å². The molecule has 156 valence electrons. The van der Waals surface area contributed by atoms with Crippen molar-refractivity contribution in [1.82, 2.24) is 14.9 Å². The first kappa shape index (κ1) is 19.8. The molecule has 1 amide bonds.